The summed E-state index contributed by atoms with van der Waals surface area (Å²) in [6.45, 7) is 4.74. The van der Waals surface area contributed by atoms with Crippen LogP contribution in [0.2, 0.25) is 0 Å². The second-order valence-electron chi connectivity index (χ2n) is 6.66. The number of nitro groups is 1. The SMILES string of the molecule is CC1(C)CCCCCCC([N+](=O)[O-])CCCCC1. The van der Waals surface area contributed by atoms with Gasteiger partial charge in [-0.3, -0.25) is 10.1 Å². The average Bonchev–Trinajstić information content (AvgIpc) is 2.30. The van der Waals surface area contributed by atoms with Crippen LogP contribution < -0.4 is 0 Å². The zero-order valence-electron chi connectivity index (χ0n) is 12.1. The molecule has 0 aliphatic heterocycles. The number of nitrogens with zero attached hydrogens (tertiary/aromatic N) is 1. The first-order valence-electron chi connectivity index (χ1n) is 7.65. The third kappa shape index (κ3) is 6.36. The lowest BCUT2D eigenvalue weighted by Gasteiger charge is -2.24. The Hall–Kier alpha value is -0.600. The second kappa shape index (κ2) is 7.75. The van der Waals surface area contributed by atoms with Crippen molar-refractivity contribution in [1.82, 2.24) is 0 Å². The number of hydrogen-bond donors (Lipinski definition) is 0. The molecule has 18 heavy (non-hydrogen) atoms. The molecule has 0 spiro atoms. The fourth-order valence-electron chi connectivity index (χ4n) is 2.98. The van der Waals surface area contributed by atoms with E-state index in [1.807, 2.05) is 0 Å². The van der Waals surface area contributed by atoms with Gasteiger partial charge in [0.25, 0.3) is 0 Å². The quantitative estimate of drug-likeness (QED) is 0.491. The highest BCUT2D eigenvalue weighted by molar-refractivity contribution is 4.70. The zero-order valence-corrected chi connectivity index (χ0v) is 12.1. The molecule has 1 saturated carbocycles. The third-order valence-electron chi connectivity index (χ3n) is 4.33. The average molecular weight is 255 g/mol. The maximum atomic E-state index is 10.9. The molecule has 0 amide bonds. The Morgan fingerprint density at radius 1 is 0.889 bits per heavy atom. The normalized spacial score (nSPS) is 27.6. The molecule has 0 aromatic heterocycles. The Kier molecular flexibility index (Phi) is 6.66. The first-order chi connectivity index (χ1) is 8.51. The van der Waals surface area contributed by atoms with Crippen LogP contribution in [0.3, 0.4) is 0 Å². The van der Waals surface area contributed by atoms with Crippen LogP contribution in [-0.4, -0.2) is 11.0 Å². The standard InChI is InChI=1S/C15H29NO2/c1-15(2)12-8-4-3-6-10-14(16(17)18)11-7-5-9-13-15/h14H,3-13H2,1-2H3. The van der Waals surface area contributed by atoms with E-state index in [9.17, 15) is 10.1 Å². The maximum absolute atomic E-state index is 10.9. The molecule has 1 aliphatic rings. The Morgan fingerprint density at radius 2 is 1.33 bits per heavy atom. The van der Waals surface area contributed by atoms with Gasteiger partial charge in [0, 0.05) is 17.8 Å². The van der Waals surface area contributed by atoms with Crippen molar-refractivity contribution < 1.29 is 4.92 Å². The second-order valence-corrected chi connectivity index (χ2v) is 6.66. The fraction of sp³-hybridized carbons (Fsp3) is 1.00. The van der Waals surface area contributed by atoms with Crippen LogP contribution in [-0.2, 0) is 0 Å². The van der Waals surface area contributed by atoms with E-state index in [0.717, 1.165) is 32.1 Å². The van der Waals surface area contributed by atoms with Gasteiger partial charge in [-0.2, -0.15) is 0 Å². The molecule has 1 unspecified atom stereocenters. The number of rotatable bonds is 1. The predicted octanol–water partition coefficient (Wildman–Crippen LogP) is 4.96. The van der Waals surface area contributed by atoms with E-state index in [0.29, 0.717) is 5.41 Å². The third-order valence-corrected chi connectivity index (χ3v) is 4.33. The monoisotopic (exact) mass is 255 g/mol. The Labute approximate surface area is 111 Å². The van der Waals surface area contributed by atoms with Crippen LogP contribution in [0.5, 0.6) is 0 Å². The van der Waals surface area contributed by atoms with Crippen LogP contribution in [0, 0.1) is 15.5 Å². The van der Waals surface area contributed by atoms with E-state index in [1.54, 1.807) is 0 Å². The van der Waals surface area contributed by atoms with Crippen molar-refractivity contribution in [3.63, 3.8) is 0 Å². The van der Waals surface area contributed by atoms with Crippen LogP contribution in [0.1, 0.15) is 84.5 Å². The minimum Gasteiger partial charge on any atom is -0.264 e. The highest BCUT2D eigenvalue weighted by atomic mass is 16.6. The lowest BCUT2D eigenvalue weighted by atomic mass is 9.82. The molecule has 106 valence electrons. The molecule has 0 radical (unpaired) electrons. The summed E-state index contributed by atoms with van der Waals surface area (Å²) < 4.78 is 0. The summed E-state index contributed by atoms with van der Waals surface area (Å²) >= 11 is 0. The van der Waals surface area contributed by atoms with E-state index < -0.39 is 0 Å². The Bertz CT molecular complexity index is 251. The first kappa shape index (κ1) is 15.5. The summed E-state index contributed by atoms with van der Waals surface area (Å²) in [4.78, 5) is 10.9. The highest BCUT2D eigenvalue weighted by Gasteiger charge is 2.21. The topological polar surface area (TPSA) is 43.1 Å². The van der Waals surface area contributed by atoms with Gasteiger partial charge in [-0.25, -0.2) is 0 Å². The van der Waals surface area contributed by atoms with E-state index in [2.05, 4.69) is 13.8 Å². The van der Waals surface area contributed by atoms with Crippen LogP contribution in [0.25, 0.3) is 0 Å². The lowest BCUT2D eigenvalue weighted by Crippen LogP contribution is -2.19. The fourth-order valence-corrected chi connectivity index (χ4v) is 2.98. The minimum atomic E-state index is -0.279. The van der Waals surface area contributed by atoms with E-state index in [-0.39, 0.29) is 11.0 Å². The Morgan fingerprint density at radius 3 is 1.83 bits per heavy atom. The lowest BCUT2D eigenvalue weighted by molar-refractivity contribution is -0.524. The zero-order chi connectivity index (χ0) is 13.4. The van der Waals surface area contributed by atoms with Crippen LogP contribution in [0.4, 0.5) is 0 Å². The molecule has 1 fully saturated rings. The van der Waals surface area contributed by atoms with Crippen molar-refractivity contribution >= 4 is 0 Å². The Balaban J connectivity index is 2.42. The molecule has 1 rings (SSSR count). The van der Waals surface area contributed by atoms with Crippen molar-refractivity contribution in [1.29, 1.82) is 0 Å². The molecule has 3 nitrogen and oxygen atoms in total. The van der Waals surface area contributed by atoms with Gasteiger partial charge in [-0.05, 0) is 31.1 Å². The van der Waals surface area contributed by atoms with Gasteiger partial charge in [0.2, 0.25) is 6.04 Å². The van der Waals surface area contributed by atoms with Crippen molar-refractivity contribution in [2.75, 3.05) is 0 Å². The molecule has 3 heteroatoms. The molecule has 1 atom stereocenters. The van der Waals surface area contributed by atoms with Crippen molar-refractivity contribution in [3.05, 3.63) is 10.1 Å². The number of hydrogen-bond acceptors (Lipinski definition) is 2. The first-order valence-corrected chi connectivity index (χ1v) is 7.65. The summed E-state index contributed by atoms with van der Waals surface area (Å²) in [5.41, 5.74) is 0.469. The molecule has 1 aliphatic carbocycles. The van der Waals surface area contributed by atoms with Crippen molar-refractivity contribution in [2.24, 2.45) is 5.41 Å². The van der Waals surface area contributed by atoms with Gasteiger partial charge >= 0.3 is 0 Å². The van der Waals surface area contributed by atoms with Gasteiger partial charge in [0.1, 0.15) is 0 Å². The summed E-state index contributed by atoms with van der Waals surface area (Å²) in [7, 11) is 0. The van der Waals surface area contributed by atoms with Gasteiger partial charge in [-0.15, -0.1) is 0 Å². The van der Waals surface area contributed by atoms with Gasteiger partial charge in [0.05, 0.1) is 0 Å². The molecule has 0 N–H and O–H groups in total. The highest BCUT2D eigenvalue weighted by Crippen LogP contribution is 2.31. The van der Waals surface area contributed by atoms with Crippen molar-refractivity contribution in [3.8, 4) is 0 Å². The summed E-state index contributed by atoms with van der Waals surface area (Å²) in [6, 6.07) is -0.279. The van der Waals surface area contributed by atoms with Gasteiger partial charge < -0.3 is 0 Å². The summed E-state index contributed by atoms with van der Waals surface area (Å²) in [5.74, 6) is 0. The largest absolute Gasteiger partial charge is 0.264 e. The molecule has 0 heterocycles. The van der Waals surface area contributed by atoms with E-state index in [4.69, 9.17) is 0 Å². The van der Waals surface area contributed by atoms with Crippen molar-refractivity contribution in [2.45, 2.75) is 90.5 Å². The smallest absolute Gasteiger partial charge is 0.213 e. The molecule has 0 saturated heterocycles. The van der Waals surface area contributed by atoms with Crippen LogP contribution >= 0.6 is 0 Å². The maximum Gasteiger partial charge on any atom is 0.213 e. The van der Waals surface area contributed by atoms with Gasteiger partial charge in [-0.1, -0.05) is 46.0 Å². The molecule has 0 aromatic rings. The molecule has 0 aromatic carbocycles. The predicted molar refractivity (Wildman–Crippen MR) is 75.4 cm³/mol. The summed E-state index contributed by atoms with van der Waals surface area (Å²) in [5, 5.41) is 10.9. The van der Waals surface area contributed by atoms with Crippen LogP contribution in [0.15, 0.2) is 0 Å². The van der Waals surface area contributed by atoms with Gasteiger partial charge in [0.15, 0.2) is 0 Å². The minimum absolute atomic E-state index is 0.0520. The molecular weight excluding hydrogens is 226 g/mol. The molecular formula is C15H29NO2. The molecule has 0 bridgehead atoms. The van der Waals surface area contributed by atoms with E-state index in [1.165, 1.54) is 38.5 Å². The summed E-state index contributed by atoms with van der Waals surface area (Å²) in [6.07, 6.45) is 12.3. The van der Waals surface area contributed by atoms with E-state index >= 15 is 0 Å².